The van der Waals surface area contributed by atoms with Crippen LogP contribution >= 0.6 is 7.82 Å². The van der Waals surface area contributed by atoms with Crippen molar-refractivity contribution in [3.05, 3.63) is 0 Å². The molecule has 0 heterocycles. The summed E-state index contributed by atoms with van der Waals surface area (Å²) in [6, 6.07) is 0. The second kappa shape index (κ2) is 12.9. The maximum Gasteiger partial charge on any atom is 0.478 e. The molecule has 0 aliphatic carbocycles. The standard InChI is InChI=1S/C16HF34O4P/c17-1(18,5(25,26)9(33,34)13(39,40)41)3(21,22)7(29,30)11(37,15(45,46)47)53-55(51,52)54-12(38,16(48,49)50)8(31,32)4(23,24)2(19,20)6(27,28)10(35,36)14(42,43)44/h(H,51,52). The molecule has 0 radical (unpaired) electrons. The van der Waals surface area contributed by atoms with E-state index in [1.54, 1.807) is 0 Å². The van der Waals surface area contributed by atoms with E-state index in [9.17, 15) is 154 Å². The van der Waals surface area contributed by atoms with Crippen LogP contribution in [0.5, 0.6) is 0 Å². The fourth-order valence-corrected chi connectivity index (χ4v) is 3.96. The van der Waals surface area contributed by atoms with Gasteiger partial charge in [0, 0.05) is 0 Å². The van der Waals surface area contributed by atoms with Gasteiger partial charge >= 0.3 is 103 Å². The van der Waals surface area contributed by atoms with Gasteiger partial charge in [0.2, 0.25) is 0 Å². The molecular weight excluding hydrogens is 933 g/mol. The Morgan fingerprint density at radius 2 is 0.400 bits per heavy atom. The van der Waals surface area contributed by atoms with Gasteiger partial charge in [0.05, 0.1) is 0 Å². The molecule has 0 aliphatic rings. The first-order valence-corrected chi connectivity index (χ1v) is 12.6. The highest BCUT2D eigenvalue weighted by molar-refractivity contribution is 7.47. The summed E-state index contributed by atoms with van der Waals surface area (Å²) in [5, 5.41) is 0. The number of phosphoric acid groups is 1. The van der Waals surface area contributed by atoms with E-state index < -0.39 is 103 Å². The molecule has 0 aromatic rings. The Bertz CT molecular complexity index is 1340. The summed E-state index contributed by atoms with van der Waals surface area (Å²) in [6.07, 6.45) is -35.0. The molecule has 2 atom stereocenters. The van der Waals surface area contributed by atoms with E-state index in [1.165, 1.54) is 0 Å². The Labute approximate surface area is 272 Å². The van der Waals surface area contributed by atoms with E-state index in [1.807, 2.05) is 0 Å². The van der Waals surface area contributed by atoms with Crippen molar-refractivity contribution in [3.63, 3.8) is 0 Å². The quantitative estimate of drug-likeness (QED) is 0.139. The molecule has 39 heteroatoms. The fraction of sp³-hybridized carbons (Fsp3) is 1.00. The van der Waals surface area contributed by atoms with Gasteiger partial charge in [0.15, 0.2) is 0 Å². The zero-order valence-electron chi connectivity index (χ0n) is 23.0. The van der Waals surface area contributed by atoms with Gasteiger partial charge in [-0.2, -0.15) is 149 Å². The first kappa shape index (κ1) is 52.7. The van der Waals surface area contributed by atoms with E-state index in [0.29, 0.717) is 0 Å². The van der Waals surface area contributed by atoms with Crippen molar-refractivity contribution in [3.8, 4) is 0 Å². The highest BCUT2D eigenvalue weighted by Gasteiger charge is 2.98. The van der Waals surface area contributed by atoms with E-state index in [2.05, 4.69) is 0 Å². The number of alkyl halides is 34. The van der Waals surface area contributed by atoms with Crippen LogP contribution in [0.4, 0.5) is 149 Å². The van der Waals surface area contributed by atoms with Crippen molar-refractivity contribution in [1.82, 2.24) is 0 Å². The number of hydrogen-bond acceptors (Lipinski definition) is 3. The zero-order valence-corrected chi connectivity index (χ0v) is 23.9. The lowest BCUT2D eigenvalue weighted by atomic mass is 9.90. The largest absolute Gasteiger partial charge is 0.478 e. The molecule has 0 rings (SSSR count). The number of rotatable bonds is 14. The molecule has 0 aromatic carbocycles. The van der Waals surface area contributed by atoms with Crippen LogP contribution in [-0.4, -0.2) is 101 Å². The third-order valence-electron chi connectivity index (χ3n) is 5.89. The van der Waals surface area contributed by atoms with E-state index >= 15 is 0 Å². The van der Waals surface area contributed by atoms with Crippen molar-refractivity contribution in [1.29, 1.82) is 0 Å². The van der Waals surface area contributed by atoms with Crippen molar-refractivity contribution in [2.45, 2.75) is 95.6 Å². The minimum atomic E-state index is -10.1. The lowest BCUT2D eigenvalue weighted by Crippen LogP contribution is -2.75. The van der Waals surface area contributed by atoms with Crippen molar-refractivity contribution >= 4 is 7.82 Å². The third kappa shape index (κ3) is 6.94. The molecular formula is C16HF34O4P. The maximum absolute atomic E-state index is 14.4. The first-order chi connectivity index (χ1) is 22.9. The molecule has 0 spiro atoms. The maximum atomic E-state index is 14.4. The monoisotopic (exact) mass is 934 g/mol. The summed E-state index contributed by atoms with van der Waals surface area (Å²) in [5.41, 5.74) is 0. The minimum absolute atomic E-state index is 1.01. The molecule has 0 amide bonds. The lowest BCUT2D eigenvalue weighted by Gasteiger charge is -2.45. The van der Waals surface area contributed by atoms with E-state index in [0.717, 1.165) is 9.05 Å². The van der Waals surface area contributed by atoms with Gasteiger partial charge in [-0.15, -0.1) is 0 Å². The number of phosphoric ester groups is 1. The fourth-order valence-electron chi connectivity index (χ4n) is 2.85. The van der Waals surface area contributed by atoms with E-state index in [-0.39, 0.29) is 0 Å². The van der Waals surface area contributed by atoms with Crippen LogP contribution in [-0.2, 0) is 13.6 Å². The topological polar surface area (TPSA) is 55.8 Å². The lowest BCUT2D eigenvalue weighted by molar-refractivity contribution is -0.481. The van der Waals surface area contributed by atoms with Gasteiger partial charge in [0.1, 0.15) is 0 Å². The molecule has 0 saturated heterocycles. The first-order valence-electron chi connectivity index (χ1n) is 11.1. The van der Waals surface area contributed by atoms with Crippen molar-refractivity contribution in [2.24, 2.45) is 0 Å². The molecule has 0 bridgehead atoms. The predicted octanol–water partition coefficient (Wildman–Crippen LogP) is 11.1. The van der Waals surface area contributed by atoms with Crippen LogP contribution in [0.25, 0.3) is 0 Å². The summed E-state index contributed by atoms with van der Waals surface area (Å²) in [7, 11) is -10.1. The molecule has 55 heavy (non-hydrogen) atoms. The number of halogens is 34. The molecule has 332 valence electrons. The predicted molar refractivity (Wildman–Crippen MR) is 93.4 cm³/mol. The van der Waals surface area contributed by atoms with Gasteiger partial charge in [-0.05, 0) is 0 Å². The Morgan fingerprint density at radius 3 is 0.545 bits per heavy atom. The summed E-state index contributed by atoms with van der Waals surface area (Å²) < 4.78 is 463. The normalized spacial score (nSPS) is 19.8. The molecule has 0 saturated carbocycles. The summed E-state index contributed by atoms with van der Waals surface area (Å²) >= 11 is 0. The molecule has 2 unspecified atom stereocenters. The average Bonchev–Trinajstić information content (AvgIpc) is 2.88. The average molecular weight is 934 g/mol. The van der Waals surface area contributed by atoms with Crippen molar-refractivity contribution < 1.29 is 168 Å². The molecule has 0 aliphatic heterocycles. The third-order valence-corrected chi connectivity index (χ3v) is 6.85. The zero-order chi connectivity index (χ0) is 45.9. The Kier molecular flexibility index (Phi) is 12.3. The van der Waals surface area contributed by atoms with Crippen LogP contribution < -0.4 is 0 Å². The Hall–Kier alpha value is -2.27. The van der Waals surface area contributed by atoms with Gasteiger partial charge in [-0.1, -0.05) is 0 Å². The summed E-state index contributed by atoms with van der Waals surface area (Å²) in [5.74, 6) is -114. The van der Waals surface area contributed by atoms with Gasteiger partial charge in [-0.3, -0.25) is 0 Å². The van der Waals surface area contributed by atoms with Gasteiger partial charge in [0.25, 0.3) is 0 Å². The molecule has 0 aromatic heterocycles. The molecule has 4 nitrogen and oxygen atoms in total. The molecule has 0 fully saturated rings. The van der Waals surface area contributed by atoms with Crippen LogP contribution in [0, 0.1) is 0 Å². The summed E-state index contributed by atoms with van der Waals surface area (Å²) in [6.45, 7) is 0. The highest BCUT2D eigenvalue weighted by atomic mass is 31.2. The van der Waals surface area contributed by atoms with Gasteiger partial charge in [-0.25, -0.2) is 13.6 Å². The van der Waals surface area contributed by atoms with Crippen LogP contribution in [0.15, 0.2) is 0 Å². The Balaban J connectivity index is 7.90. The second-order valence-corrected chi connectivity index (χ2v) is 10.9. The van der Waals surface area contributed by atoms with Crippen LogP contribution in [0.1, 0.15) is 0 Å². The second-order valence-electron chi connectivity index (χ2n) is 9.58. The van der Waals surface area contributed by atoms with E-state index in [4.69, 9.17) is 4.89 Å². The highest BCUT2D eigenvalue weighted by Crippen LogP contribution is 2.70. The van der Waals surface area contributed by atoms with Crippen molar-refractivity contribution in [2.75, 3.05) is 0 Å². The summed E-state index contributed by atoms with van der Waals surface area (Å²) in [4.78, 5) is 8.63. The van der Waals surface area contributed by atoms with Crippen LogP contribution in [0.3, 0.4) is 0 Å². The minimum Gasteiger partial charge on any atom is -0.302 e. The van der Waals surface area contributed by atoms with Gasteiger partial charge < -0.3 is 4.89 Å². The SMILES string of the molecule is O=P(O)(OC(F)(C(F)(F)F)C(F)(F)C(F)(F)C(F)(F)C(F)(F)C(F)(F)C(F)(F)F)OC(F)(C(F)(F)F)C(F)(F)C(F)(F)C(F)(F)C(F)(F)C(F)(F)C(F)(F)F. The smallest absolute Gasteiger partial charge is 0.302 e. The molecule has 1 N–H and O–H groups in total. The Morgan fingerprint density at radius 1 is 0.255 bits per heavy atom. The number of hydrogen-bond donors (Lipinski definition) is 1. The van der Waals surface area contributed by atoms with Crippen LogP contribution in [0.2, 0.25) is 0 Å².